The molecule has 0 bridgehead atoms. The first kappa shape index (κ1) is 12.3. The summed E-state index contributed by atoms with van der Waals surface area (Å²) in [5, 5.41) is 4.52. The Hall–Kier alpha value is -1.19. The topological polar surface area (TPSA) is 47.1 Å². The van der Waals surface area contributed by atoms with Crippen molar-refractivity contribution < 1.29 is 0 Å². The van der Waals surface area contributed by atoms with Crippen molar-refractivity contribution in [3.05, 3.63) is 5.69 Å². The van der Waals surface area contributed by atoms with Crippen LogP contribution in [-0.4, -0.2) is 22.4 Å². The number of aryl methyl sites for hydroxylation is 2. The molecule has 1 heterocycles. The maximum absolute atomic E-state index is 6.23. The van der Waals surface area contributed by atoms with Gasteiger partial charge in [0.05, 0.1) is 11.4 Å². The molecular weight excluding hydrogens is 212 g/mol. The van der Waals surface area contributed by atoms with E-state index in [1.807, 2.05) is 11.7 Å². The van der Waals surface area contributed by atoms with Crippen LogP contribution < -0.4 is 10.6 Å². The minimum absolute atomic E-state index is 0.655. The number of nitrogens with zero attached hydrogens (tertiary/aromatic N) is 3. The first-order valence-electron chi connectivity index (χ1n) is 6.77. The summed E-state index contributed by atoms with van der Waals surface area (Å²) in [5.74, 6) is 1.12. The molecule has 0 aromatic carbocycles. The molecule has 0 atom stereocenters. The van der Waals surface area contributed by atoms with Crippen molar-refractivity contribution in [1.29, 1.82) is 0 Å². The van der Waals surface area contributed by atoms with E-state index in [1.165, 1.54) is 25.7 Å². The number of anilines is 2. The van der Waals surface area contributed by atoms with Crippen LogP contribution in [0.4, 0.5) is 11.5 Å². The predicted molar refractivity (Wildman–Crippen MR) is 72.3 cm³/mol. The molecule has 96 valence electrons. The molecule has 0 aliphatic heterocycles. The van der Waals surface area contributed by atoms with Gasteiger partial charge >= 0.3 is 0 Å². The van der Waals surface area contributed by atoms with Crippen LogP contribution in [0.15, 0.2) is 0 Å². The SMILES string of the molecule is CCc1nn(C)c(N(CC)C2CCCC2)c1N. The Morgan fingerprint density at radius 3 is 2.47 bits per heavy atom. The van der Waals surface area contributed by atoms with Crippen molar-refractivity contribution >= 4 is 11.5 Å². The van der Waals surface area contributed by atoms with Gasteiger partial charge in [-0.25, -0.2) is 0 Å². The summed E-state index contributed by atoms with van der Waals surface area (Å²) in [6.07, 6.45) is 6.18. The lowest BCUT2D eigenvalue weighted by Crippen LogP contribution is -2.35. The van der Waals surface area contributed by atoms with Gasteiger partial charge in [-0.1, -0.05) is 19.8 Å². The van der Waals surface area contributed by atoms with E-state index < -0.39 is 0 Å². The number of rotatable bonds is 4. The molecule has 17 heavy (non-hydrogen) atoms. The summed E-state index contributed by atoms with van der Waals surface area (Å²) in [4.78, 5) is 2.44. The smallest absolute Gasteiger partial charge is 0.150 e. The van der Waals surface area contributed by atoms with Gasteiger partial charge in [-0.05, 0) is 26.2 Å². The second-order valence-corrected chi connectivity index (χ2v) is 4.89. The van der Waals surface area contributed by atoms with Gasteiger partial charge in [-0.15, -0.1) is 0 Å². The quantitative estimate of drug-likeness (QED) is 0.873. The minimum Gasteiger partial charge on any atom is -0.394 e. The van der Waals surface area contributed by atoms with Crippen LogP contribution in [0.25, 0.3) is 0 Å². The van der Waals surface area contributed by atoms with Crippen LogP contribution in [-0.2, 0) is 13.5 Å². The molecule has 1 aliphatic rings. The Bertz CT molecular complexity index is 377. The van der Waals surface area contributed by atoms with Crippen molar-refractivity contribution in [2.45, 2.75) is 52.0 Å². The van der Waals surface area contributed by atoms with Crippen LogP contribution in [0.3, 0.4) is 0 Å². The fourth-order valence-electron chi connectivity index (χ4n) is 2.98. The Labute approximate surface area is 104 Å². The molecule has 4 heteroatoms. The molecule has 4 nitrogen and oxygen atoms in total. The molecule has 2 rings (SSSR count). The zero-order chi connectivity index (χ0) is 12.4. The summed E-state index contributed by atoms with van der Waals surface area (Å²) >= 11 is 0. The zero-order valence-corrected chi connectivity index (χ0v) is 11.2. The fraction of sp³-hybridized carbons (Fsp3) is 0.769. The number of hydrogen-bond acceptors (Lipinski definition) is 3. The largest absolute Gasteiger partial charge is 0.394 e. The highest BCUT2D eigenvalue weighted by atomic mass is 15.4. The highest BCUT2D eigenvalue weighted by Gasteiger charge is 2.26. The fourth-order valence-corrected chi connectivity index (χ4v) is 2.98. The number of hydrogen-bond donors (Lipinski definition) is 1. The minimum atomic E-state index is 0.655. The van der Waals surface area contributed by atoms with Crippen molar-refractivity contribution in [2.24, 2.45) is 7.05 Å². The van der Waals surface area contributed by atoms with E-state index in [4.69, 9.17) is 5.73 Å². The van der Waals surface area contributed by atoms with Crippen molar-refractivity contribution in [3.63, 3.8) is 0 Å². The van der Waals surface area contributed by atoms with Crippen molar-refractivity contribution in [3.8, 4) is 0 Å². The molecular formula is C13H24N4. The lowest BCUT2D eigenvalue weighted by atomic mass is 10.2. The van der Waals surface area contributed by atoms with E-state index in [9.17, 15) is 0 Å². The van der Waals surface area contributed by atoms with Gasteiger partial charge in [-0.3, -0.25) is 4.68 Å². The van der Waals surface area contributed by atoms with Crippen molar-refractivity contribution in [2.75, 3.05) is 17.2 Å². The summed E-state index contributed by atoms with van der Waals surface area (Å²) in [6, 6.07) is 0.655. The first-order valence-corrected chi connectivity index (χ1v) is 6.77. The van der Waals surface area contributed by atoms with Gasteiger partial charge in [0.2, 0.25) is 0 Å². The van der Waals surface area contributed by atoms with Crippen LogP contribution in [0.1, 0.15) is 45.2 Å². The summed E-state index contributed by atoms with van der Waals surface area (Å²) in [7, 11) is 2.00. The van der Waals surface area contributed by atoms with Gasteiger partial charge < -0.3 is 10.6 Å². The van der Waals surface area contributed by atoms with E-state index in [0.29, 0.717) is 6.04 Å². The molecule has 1 fully saturated rings. The maximum Gasteiger partial charge on any atom is 0.150 e. The molecule has 0 unspecified atom stereocenters. The highest BCUT2D eigenvalue weighted by Crippen LogP contribution is 2.33. The van der Waals surface area contributed by atoms with Gasteiger partial charge in [0, 0.05) is 19.6 Å². The number of nitrogens with two attached hydrogens (primary N) is 1. The molecule has 1 aliphatic carbocycles. The van der Waals surface area contributed by atoms with Gasteiger partial charge in [0.25, 0.3) is 0 Å². The molecule has 0 radical (unpaired) electrons. The summed E-state index contributed by atoms with van der Waals surface area (Å²) in [6.45, 7) is 5.32. The van der Waals surface area contributed by atoms with Crippen LogP contribution >= 0.6 is 0 Å². The van der Waals surface area contributed by atoms with E-state index in [0.717, 1.165) is 30.2 Å². The first-order chi connectivity index (χ1) is 8.19. The monoisotopic (exact) mass is 236 g/mol. The average molecular weight is 236 g/mol. The molecule has 0 spiro atoms. The van der Waals surface area contributed by atoms with E-state index in [-0.39, 0.29) is 0 Å². The Balaban J connectivity index is 2.32. The van der Waals surface area contributed by atoms with Crippen LogP contribution in [0.2, 0.25) is 0 Å². The Morgan fingerprint density at radius 1 is 1.35 bits per heavy atom. The highest BCUT2D eigenvalue weighted by molar-refractivity contribution is 5.67. The van der Waals surface area contributed by atoms with E-state index in [2.05, 4.69) is 23.8 Å². The molecule has 1 aromatic heterocycles. The normalized spacial score (nSPS) is 16.6. The molecule has 2 N–H and O–H groups in total. The zero-order valence-electron chi connectivity index (χ0n) is 11.2. The third-order valence-electron chi connectivity index (χ3n) is 3.84. The lowest BCUT2D eigenvalue weighted by molar-refractivity contribution is 0.592. The van der Waals surface area contributed by atoms with Crippen LogP contribution in [0, 0.1) is 0 Å². The van der Waals surface area contributed by atoms with Crippen LogP contribution in [0.5, 0.6) is 0 Å². The summed E-state index contributed by atoms with van der Waals surface area (Å²) in [5.41, 5.74) is 8.14. The summed E-state index contributed by atoms with van der Waals surface area (Å²) < 4.78 is 1.95. The molecule has 0 saturated heterocycles. The third-order valence-corrected chi connectivity index (χ3v) is 3.84. The standard InChI is InChI=1S/C13H24N4/c1-4-11-12(14)13(16(3)15-11)17(5-2)10-8-6-7-9-10/h10H,4-9,14H2,1-3H3. The molecule has 0 amide bonds. The van der Waals surface area contributed by atoms with Gasteiger partial charge in [0.1, 0.15) is 0 Å². The van der Waals surface area contributed by atoms with Crippen molar-refractivity contribution in [1.82, 2.24) is 9.78 Å². The van der Waals surface area contributed by atoms with Gasteiger partial charge in [-0.2, -0.15) is 5.10 Å². The Morgan fingerprint density at radius 2 is 2.00 bits per heavy atom. The number of aromatic nitrogens is 2. The van der Waals surface area contributed by atoms with E-state index >= 15 is 0 Å². The second-order valence-electron chi connectivity index (χ2n) is 4.89. The molecule has 1 saturated carbocycles. The third kappa shape index (κ3) is 2.13. The Kier molecular flexibility index (Phi) is 3.60. The number of nitrogen functional groups attached to an aromatic ring is 1. The average Bonchev–Trinajstić information content (AvgIpc) is 2.92. The van der Waals surface area contributed by atoms with E-state index in [1.54, 1.807) is 0 Å². The predicted octanol–water partition coefficient (Wildman–Crippen LogP) is 2.33. The maximum atomic E-state index is 6.23. The lowest BCUT2D eigenvalue weighted by Gasteiger charge is -2.30. The van der Waals surface area contributed by atoms with Gasteiger partial charge in [0.15, 0.2) is 5.82 Å². The second kappa shape index (κ2) is 4.98. The molecule has 1 aromatic rings.